The van der Waals surface area contributed by atoms with Gasteiger partial charge in [-0.3, -0.25) is 9.69 Å². The average molecular weight is 385 g/mol. The molecule has 4 heterocycles. The molecular weight excluding hydrogens is 358 g/mol. The second-order valence-corrected chi connectivity index (χ2v) is 8.25. The molecule has 28 heavy (non-hydrogen) atoms. The SMILES string of the molecule is CC(=O)N1CCOC(CN(C)C2CN(c3ccc4nnc(C5CC5)n4n3)C2)C1. The first kappa shape index (κ1) is 17.8. The number of fused-ring (bicyclic) bond motifs is 1. The third-order valence-corrected chi connectivity index (χ3v) is 6.10. The number of morpholine rings is 1. The van der Waals surface area contributed by atoms with E-state index in [4.69, 9.17) is 9.84 Å². The summed E-state index contributed by atoms with van der Waals surface area (Å²) in [7, 11) is 2.14. The van der Waals surface area contributed by atoms with Crippen LogP contribution in [0.3, 0.4) is 0 Å². The van der Waals surface area contributed by atoms with Crippen molar-refractivity contribution in [3.05, 3.63) is 18.0 Å². The predicted molar refractivity (Wildman–Crippen MR) is 103 cm³/mol. The Morgan fingerprint density at radius 1 is 1.25 bits per heavy atom. The Kier molecular flexibility index (Phi) is 4.43. The standard InChI is InChI=1S/C19H27N7O2/c1-13(27)24-7-8-28-16(12-24)11-23(2)15-9-25(10-15)18-6-5-17-20-21-19(14-3-4-14)26(17)22-18/h5-6,14-16H,3-4,7-12H2,1-2H3. The largest absolute Gasteiger partial charge is 0.373 e. The molecule has 9 nitrogen and oxygen atoms in total. The lowest BCUT2D eigenvalue weighted by atomic mass is 10.1. The third kappa shape index (κ3) is 3.33. The summed E-state index contributed by atoms with van der Waals surface area (Å²) in [4.78, 5) is 18.1. The summed E-state index contributed by atoms with van der Waals surface area (Å²) in [5.74, 6) is 2.64. The number of likely N-dealkylation sites (N-methyl/N-ethyl adjacent to an activating group) is 1. The minimum absolute atomic E-state index is 0.0873. The quantitative estimate of drug-likeness (QED) is 0.736. The number of amides is 1. The number of rotatable bonds is 5. The van der Waals surface area contributed by atoms with E-state index >= 15 is 0 Å². The smallest absolute Gasteiger partial charge is 0.219 e. The van der Waals surface area contributed by atoms with Gasteiger partial charge < -0.3 is 14.5 Å². The van der Waals surface area contributed by atoms with Crippen LogP contribution in [-0.2, 0) is 9.53 Å². The van der Waals surface area contributed by atoms with Gasteiger partial charge in [-0.15, -0.1) is 15.3 Å². The maximum atomic E-state index is 11.6. The van der Waals surface area contributed by atoms with Gasteiger partial charge in [0.05, 0.1) is 12.7 Å². The van der Waals surface area contributed by atoms with Crippen molar-refractivity contribution in [3.63, 3.8) is 0 Å². The molecule has 150 valence electrons. The molecule has 3 fully saturated rings. The van der Waals surface area contributed by atoms with Crippen LogP contribution in [0.4, 0.5) is 5.82 Å². The van der Waals surface area contributed by atoms with Crippen molar-refractivity contribution in [2.75, 3.05) is 51.3 Å². The molecule has 2 aromatic heterocycles. The molecule has 2 saturated heterocycles. The Morgan fingerprint density at radius 2 is 2.07 bits per heavy atom. The molecule has 3 aliphatic rings. The van der Waals surface area contributed by atoms with Crippen LogP contribution in [0.1, 0.15) is 31.5 Å². The Balaban J connectivity index is 1.18. The fourth-order valence-electron chi connectivity index (χ4n) is 4.07. The van der Waals surface area contributed by atoms with Gasteiger partial charge in [0, 0.05) is 51.6 Å². The summed E-state index contributed by atoms with van der Waals surface area (Å²) in [5, 5.41) is 13.3. The molecule has 5 rings (SSSR count). The van der Waals surface area contributed by atoms with Crippen molar-refractivity contribution in [1.29, 1.82) is 0 Å². The van der Waals surface area contributed by atoms with E-state index in [0.717, 1.165) is 36.9 Å². The fourth-order valence-corrected chi connectivity index (χ4v) is 4.07. The van der Waals surface area contributed by atoms with Crippen molar-refractivity contribution < 1.29 is 9.53 Å². The van der Waals surface area contributed by atoms with Gasteiger partial charge in [-0.25, -0.2) is 0 Å². The molecule has 1 atom stereocenters. The van der Waals surface area contributed by atoms with E-state index in [2.05, 4.69) is 27.0 Å². The van der Waals surface area contributed by atoms with Gasteiger partial charge in [0.15, 0.2) is 11.5 Å². The Hall–Kier alpha value is -2.26. The summed E-state index contributed by atoms with van der Waals surface area (Å²) in [6.45, 7) is 6.37. The van der Waals surface area contributed by atoms with Crippen molar-refractivity contribution in [2.24, 2.45) is 0 Å². The van der Waals surface area contributed by atoms with E-state index in [9.17, 15) is 4.79 Å². The summed E-state index contributed by atoms with van der Waals surface area (Å²) in [6.07, 6.45) is 2.46. The Labute approximate surface area is 164 Å². The van der Waals surface area contributed by atoms with Gasteiger partial charge in [-0.05, 0) is 32.0 Å². The number of hydrogen-bond donors (Lipinski definition) is 0. The topological polar surface area (TPSA) is 79.1 Å². The van der Waals surface area contributed by atoms with Crippen LogP contribution in [0.15, 0.2) is 12.1 Å². The van der Waals surface area contributed by atoms with Crippen LogP contribution in [0.5, 0.6) is 0 Å². The molecule has 1 saturated carbocycles. The fraction of sp³-hybridized carbons (Fsp3) is 0.684. The minimum Gasteiger partial charge on any atom is -0.373 e. The summed E-state index contributed by atoms with van der Waals surface area (Å²) < 4.78 is 7.77. The molecule has 0 spiro atoms. The van der Waals surface area contributed by atoms with E-state index in [1.165, 1.54) is 12.8 Å². The van der Waals surface area contributed by atoms with E-state index < -0.39 is 0 Å². The van der Waals surface area contributed by atoms with Crippen LogP contribution in [0.25, 0.3) is 5.65 Å². The number of ether oxygens (including phenoxy) is 1. The molecule has 0 aromatic carbocycles. The second-order valence-electron chi connectivity index (χ2n) is 8.25. The van der Waals surface area contributed by atoms with Crippen LogP contribution in [0, 0.1) is 0 Å². The van der Waals surface area contributed by atoms with Crippen molar-refractivity contribution in [1.82, 2.24) is 29.6 Å². The zero-order chi connectivity index (χ0) is 19.3. The van der Waals surface area contributed by atoms with Gasteiger partial charge in [0.2, 0.25) is 5.91 Å². The van der Waals surface area contributed by atoms with Crippen LogP contribution in [-0.4, -0.2) is 94.0 Å². The van der Waals surface area contributed by atoms with Crippen LogP contribution in [0.2, 0.25) is 0 Å². The minimum atomic E-state index is 0.0873. The van der Waals surface area contributed by atoms with Gasteiger partial charge in [-0.2, -0.15) is 4.52 Å². The van der Waals surface area contributed by atoms with Gasteiger partial charge in [0.1, 0.15) is 5.82 Å². The lowest BCUT2D eigenvalue weighted by Gasteiger charge is -2.46. The molecule has 9 heteroatoms. The molecule has 1 amide bonds. The molecule has 1 unspecified atom stereocenters. The molecule has 1 aliphatic carbocycles. The molecule has 2 aliphatic heterocycles. The van der Waals surface area contributed by atoms with Gasteiger partial charge in [-0.1, -0.05) is 0 Å². The van der Waals surface area contributed by atoms with Crippen molar-refractivity contribution in [2.45, 2.75) is 37.8 Å². The number of hydrogen-bond acceptors (Lipinski definition) is 7. The highest BCUT2D eigenvalue weighted by Crippen LogP contribution is 2.38. The van der Waals surface area contributed by atoms with Crippen LogP contribution >= 0.6 is 0 Å². The number of aromatic nitrogens is 4. The Bertz CT molecular complexity index is 874. The van der Waals surface area contributed by atoms with Crippen LogP contribution < -0.4 is 4.90 Å². The number of carbonyl (C=O) groups is 1. The summed E-state index contributed by atoms with van der Waals surface area (Å²) >= 11 is 0. The number of nitrogens with zero attached hydrogens (tertiary/aromatic N) is 7. The summed E-state index contributed by atoms with van der Waals surface area (Å²) in [5.41, 5.74) is 0.823. The first-order chi connectivity index (χ1) is 13.6. The number of anilines is 1. The third-order valence-electron chi connectivity index (χ3n) is 6.10. The van der Waals surface area contributed by atoms with Gasteiger partial charge in [0.25, 0.3) is 0 Å². The van der Waals surface area contributed by atoms with E-state index in [1.807, 2.05) is 21.5 Å². The average Bonchev–Trinajstić information content (AvgIpc) is 3.40. The zero-order valence-electron chi connectivity index (χ0n) is 16.5. The highest BCUT2D eigenvalue weighted by atomic mass is 16.5. The zero-order valence-corrected chi connectivity index (χ0v) is 16.5. The van der Waals surface area contributed by atoms with E-state index in [1.54, 1.807) is 6.92 Å². The highest BCUT2D eigenvalue weighted by Gasteiger charge is 2.34. The molecule has 2 aromatic rings. The first-order valence-electron chi connectivity index (χ1n) is 10.1. The molecular formula is C19H27N7O2. The number of carbonyl (C=O) groups excluding carboxylic acids is 1. The molecule has 0 bridgehead atoms. The van der Waals surface area contributed by atoms with E-state index in [-0.39, 0.29) is 12.0 Å². The maximum Gasteiger partial charge on any atom is 0.219 e. The lowest BCUT2D eigenvalue weighted by molar-refractivity contribution is -0.137. The second kappa shape index (κ2) is 6.97. The molecule has 0 radical (unpaired) electrons. The summed E-state index contributed by atoms with van der Waals surface area (Å²) in [6, 6.07) is 4.51. The predicted octanol–water partition coefficient (Wildman–Crippen LogP) is 0.369. The van der Waals surface area contributed by atoms with Crippen molar-refractivity contribution in [3.8, 4) is 0 Å². The van der Waals surface area contributed by atoms with E-state index in [0.29, 0.717) is 31.7 Å². The lowest BCUT2D eigenvalue weighted by Crippen LogP contribution is -2.61. The molecule has 0 N–H and O–H groups in total. The Morgan fingerprint density at radius 3 is 2.82 bits per heavy atom. The maximum absolute atomic E-state index is 11.6. The van der Waals surface area contributed by atoms with Crippen molar-refractivity contribution >= 4 is 17.4 Å². The normalized spacial score (nSPS) is 23.5. The monoisotopic (exact) mass is 385 g/mol. The highest BCUT2D eigenvalue weighted by molar-refractivity contribution is 5.73. The first-order valence-corrected chi connectivity index (χ1v) is 10.1. The van der Waals surface area contributed by atoms with Gasteiger partial charge >= 0.3 is 0 Å².